The normalized spacial score (nSPS) is 10.7. The van der Waals surface area contributed by atoms with Crippen molar-refractivity contribution >= 4 is 0 Å². The number of aromatic nitrogens is 2. The van der Waals surface area contributed by atoms with E-state index in [2.05, 4.69) is 10.2 Å². The predicted molar refractivity (Wildman–Crippen MR) is 56.4 cm³/mol. The van der Waals surface area contributed by atoms with E-state index in [-0.39, 0.29) is 0 Å². The third kappa shape index (κ3) is 1.29. The number of fused-ring (bicyclic) bond motifs is 1. The van der Waals surface area contributed by atoms with Crippen LogP contribution in [-0.2, 0) is 0 Å². The van der Waals surface area contributed by atoms with E-state index in [0.29, 0.717) is 0 Å². The summed E-state index contributed by atoms with van der Waals surface area (Å²) in [5.41, 5.74) is 3.74. The maximum Gasteiger partial charge on any atom is 0.105 e. The van der Waals surface area contributed by atoms with Crippen LogP contribution in [0.2, 0.25) is 0 Å². The van der Waals surface area contributed by atoms with Crippen LogP contribution in [0.4, 0.5) is 0 Å². The monoisotopic (exact) mass is 196 g/mol. The average molecular weight is 196 g/mol. The first-order valence-electron chi connectivity index (χ1n) is 4.69. The molecule has 0 spiro atoms. The lowest BCUT2D eigenvalue weighted by atomic mass is 10.1. The van der Waals surface area contributed by atoms with Crippen LogP contribution in [0.3, 0.4) is 0 Å². The zero-order valence-electron chi connectivity index (χ0n) is 7.92. The minimum Gasteiger partial charge on any atom is -0.472 e. The Hall–Kier alpha value is -2.16. The topological polar surface area (TPSA) is 38.9 Å². The number of rotatable bonds is 1. The number of nitrogens with zero attached hydrogens (tertiary/aromatic N) is 2. The largest absolute Gasteiger partial charge is 0.472 e. The Labute approximate surface area is 86.7 Å². The first kappa shape index (κ1) is 8.17. The van der Waals surface area contributed by atoms with Crippen molar-refractivity contribution < 1.29 is 4.42 Å². The fourth-order valence-electron chi connectivity index (χ4n) is 1.59. The van der Waals surface area contributed by atoms with E-state index in [0.717, 1.165) is 22.5 Å². The molecule has 0 saturated carbocycles. The van der Waals surface area contributed by atoms with Crippen molar-refractivity contribution in [1.29, 1.82) is 0 Å². The second-order valence-corrected chi connectivity index (χ2v) is 3.27. The van der Waals surface area contributed by atoms with Gasteiger partial charge < -0.3 is 4.42 Å². The minimum atomic E-state index is 0.861. The standard InChI is InChI=1S/C12H8N2O/c1-2-4-9(5-3-1)12-10-8-15-7-6-11(10)13-14-12/h1-8H. The summed E-state index contributed by atoms with van der Waals surface area (Å²) in [5, 5.41) is 8.24. The van der Waals surface area contributed by atoms with E-state index in [1.54, 1.807) is 12.5 Å². The zero-order chi connectivity index (χ0) is 10.1. The Kier molecular flexibility index (Phi) is 1.75. The van der Waals surface area contributed by atoms with Crippen LogP contribution >= 0.6 is 0 Å². The van der Waals surface area contributed by atoms with Crippen molar-refractivity contribution in [2.24, 2.45) is 0 Å². The smallest absolute Gasteiger partial charge is 0.105 e. The van der Waals surface area contributed by atoms with E-state index in [1.165, 1.54) is 0 Å². The van der Waals surface area contributed by atoms with Gasteiger partial charge in [-0.3, -0.25) is 0 Å². The van der Waals surface area contributed by atoms with Crippen LogP contribution in [0, 0.1) is 0 Å². The maximum atomic E-state index is 5.13. The van der Waals surface area contributed by atoms with E-state index in [1.807, 2.05) is 36.4 Å². The summed E-state index contributed by atoms with van der Waals surface area (Å²) >= 11 is 0. The van der Waals surface area contributed by atoms with Gasteiger partial charge in [0.25, 0.3) is 0 Å². The second-order valence-electron chi connectivity index (χ2n) is 3.27. The molecule has 2 aliphatic heterocycles. The fourth-order valence-corrected chi connectivity index (χ4v) is 1.59. The van der Waals surface area contributed by atoms with Gasteiger partial charge in [-0.2, -0.15) is 0 Å². The van der Waals surface area contributed by atoms with E-state index < -0.39 is 0 Å². The molecule has 1 aromatic carbocycles. The molecule has 0 bridgehead atoms. The summed E-state index contributed by atoms with van der Waals surface area (Å²) in [6.07, 6.45) is 3.28. The molecule has 0 saturated heterocycles. The molecule has 0 aromatic heterocycles. The third-order valence-corrected chi connectivity index (χ3v) is 2.33. The lowest BCUT2D eigenvalue weighted by Crippen LogP contribution is -1.79. The van der Waals surface area contributed by atoms with Gasteiger partial charge in [-0.1, -0.05) is 30.3 Å². The summed E-state index contributed by atoms with van der Waals surface area (Å²) in [4.78, 5) is 0. The van der Waals surface area contributed by atoms with Crippen molar-refractivity contribution in [2.75, 3.05) is 0 Å². The van der Waals surface area contributed by atoms with E-state index in [9.17, 15) is 0 Å². The SMILES string of the molecule is c1ccc(-c2nnc3ccocc2-3)cc1. The summed E-state index contributed by atoms with van der Waals surface area (Å²) in [6.45, 7) is 0. The van der Waals surface area contributed by atoms with Crippen molar-refractivity contribution in [2.45, 2.75) is 0 Å². The fraction of sp³-hybridized carbons (Fsp3) is 0. The molecule has 72 valence electrons. The van der Waals surface area contributed by atoms with Crippen LogP contribution in [0.1, 0.15) is 0 Å². The summed E-state index contributed by atoms with van der Waals surface area (Å²) in [6, 6.07) is 11.8. The van der Waals surface area contributed by atoms with Gasteiger partial charge in [0.2, 0.25) is 0 Å². The van der Waals surface area contributed by atoms with Gasteiger partial charge in [0.15, 0.2) is 0 Å². The molecule has 0 N–H and O–H groups in total. The van der Waals surface area contributed by atoms with Crippen LogP contribution in [0.25, 0.3) is 22.5 Å². The van der Waals surface area contributed by atoms with E-state index >= 15 is 0 Å². The molecule has 0 radical (unpaired) electrons. The molecular weight excluding hydrogens is 188 g/mol. The first-order valence-corrected chi connectivity index (χ1v) is 4.69. The molecular formula is C12H8N2O. The minimum absolute atomic E-state index is 0.861. The highest BCUT2D eigenvalue weighted by Crippen LogP contribution is 2.30. The highest BCUT2D eigenvalue weighted by atomic mass is 16.3. The Bertz CT molecular complexity index is 545. The van der Waals surface area contributed by atoms with Gasteiger partial charge in [-0.05, 0) is 0 Å². The number of benzene rings is 1. The van der Waals surface area contributed by atoms with E-state index in [4.69, 9.17) is 4.42 Å². The molecule has 0 aliphatic carbocycles. The van der Waals surface area contributed by atoms with Gasteiger partial charge >= 0.3 is 0 Å². The van der Waals surface area contributed by atoms with Crippen molar-refractivity contribution in [3.05, 3.63) is 48.9 Å². The molecule has 2 aliphatic rings. The highest BCUT2D eigenvalue weighted by Gasteiger charge is 2.14. The highest BCUT2D eigenvalue weighted by molar-refractivity contribution is 5.78. The molecule has 0 amide bonds. The molecule has 3 nitrogen and oxygen atoms in total. The third-order valence-electron chi connectivity index (χ3n) is 2.33. The Morgan fingerprint density at radius 2 is 1.80 bits per heavy atom. The van der Waals surface area contributed by atoms with Gasteiger partial charge in [0.05, 0.1) is 11.8 Å². The van der Waals surface area contributed by atoms with Gasteiger partial charge in [-0.25, -0.2) is 0 Å². The van der Waals surface area contributed by atoms with Crippen LogP contribution in [0.15, 0.2) is 53.3 Å². The lowest BCUT2D eigenvalue weighted by Gasteiger charge is -1.98. The zero-order valence-corrected chi connectivity index (χ0v) is 7.92. The van der Waals surface area contributed by atoms with Gasteiger partial charge in [0.1, 0.15) is 17.7 Å². The lowest BCUT2D eigenvalue weighted by molar-refractivity contribution is 0.552. The van der Waals surface area contributed by atoms with Crippen LogP contribution in [0.5, 0.6) is 0 Å². The predicted octanol–water partition coefficient (Wildman–Crippen LogP) is 2.84. The summed E-state index contributed by atoms with van der Waals surface area (Å²) < 4.78 is 5.13. The second kappa shape index (κ2) is 3.20. The van der Waals surface area contributed by atoms with Crippen molar-refractivity contribution in [1.82, 2.24) is 10.2 Å². The molecule has 15 heavy (non-hydrogen) atoms. The van der Waals surface area contributed by atoms with Crippen LogP contribution in [-0.4, -0.2) is 10.2 Å². The quantitative estimate of drug-likeness (QED) is 0.600. The summed E-state index contributed by atoms with van der Waals surface area (Å²) in [5.74, 6) is 0. The Balaban J connectivity index is 2.22. The average Bonchev–Trinajstić information content (AvgIpc) is 2.74. The molecule has 1 aromatic rings. The number of hydrogen-bond donors (Lipinski definition) is 0. The maximum absolute atomic E-state index is 5.13. The van der Waals surface area contributed by atoms with Gasteiger partial charge in [-0.15, -0.1) is 10.2 Å². The summed E-state index contributed by atoms with van der Waals surface area (Å²) in [7, 11) is 0. The van der Waals surface area contributed by atoms with Crippen molar-refractivity contribution in [3.8, 4) is 22.5 Å². The first-order chi connectivity index (χ1) is 7.45. The molecule has 3 rings (SSSR count). The molecule has 3 heteroatoms. The number of hydrogen-bond acceptors (Lipinski definition) is 3. The molecule has 0 unspecified atom stereocenters. The van der Waals surface area contributed by atoms with Crippen molar-refractivity contribution in [3.63, 3.8) is 0 Å². The molecule has 2 heterocycles. The van der Waals surface area contributed by atoms with Crippen LogP contribution < -0.4 is 0 Å². The molecule has 0 fully saturated rings. The Morgan fingerprint density at radius 3 is 2.67 bits per heavy atom. The molecule has 0 atom stereocenters. The Morgan fingerprint density at radius 1 is 0.933 bits per heavy atom. The van der Waals surface area contributed by atoms with Gasteiger partial charge in [0, 0.05) is 11.6 Å².